The quantitative estimate of drug-likeness (QED) is 0.856. The van der Waals surface area contributed by atoms with Crippen molar-refractivity contribution in [2.75, 3.05) is 5.73 Å². The van der Waals surface area contributed by atoms with Crippen molar-refractivity contribution < 1.29 is 0 Å². The fraction of sp³-hybridized carbons (Fsp3) is 0.688. The number of anilines is 1. The van der Waals surface area contributed by atoms with Gasteiger partial charge in [0.2, 0.25) is 0 Å². The zero-order valence-corrected chi connectivity index (χ0v) is 12.4. The fourth-order valence-corrected chi connectivity index (χ4v) is 3.31. The molecule has 2 rings (SSSR count). The average Bonchev–Trinajstić information content (AvgIpc) is 2.38. The van der Waals surface area contributed by atoms with Gasteiger partial charge in [0.15, 0.2) is 0 Å². The standard InChI is InChI=1S/C16H27N3/c1-16(2,3)12-8-6-11(7-9-12)14(17)13-5-4-10-19-15(13)18/h4-5,10-12,14H,6-9,17H2,1-3H3,(H2,18,19). The summed E-state index contributed by atoms with van der Waals surface area (Å²) in [4.78, 5) is 4.15. The van der Waals surface area contributed by atoms with Crippen LogP contribution < -0.4 is 11.5 Å². The molecule has 1 aliphatic carbocycles. The summed E-state index contributed by atoms with van der Waals surface area (Å²) in [5, 5.41) is 0. The summed E-state index contributed by atoms with van der Waals surface area (Å²) in [6.07, 6.45) is 6.70. The zero-order valence-electron chi connectivity index (χ0n) is 12.4. The third-order valence-corrected chi connectivity index (χ3v) is 4.73. The molecule has 3 heteroatoms. The maximum Gasteiger partial charge on any atom is 0.128 e. The highest BCUT2D eigenvalue weighted by Gasteiger charge is 2.32. The van der Waals surface area contributed by atoms with E-state index in [1.807, 2.05) is 12.1 Å². The molecule has 1 aliphatic rings. The Morgan fingerprint density at radius 1 is 1.21 bits per heavy atom. The molecule has 4 N–H and O–H groups in total. The highest BCUT2D eigenvalue weighted by molar-refractivity contribution is 5.41. The van der Waals surface area contributed by atoms with Crippen LogP contribution in [0.15, 0.2) is 18.3 Å². The van der Waals surface area contributed by atoms with E-state index in [1.54, 1.807) is 6.20 Å². The third kappa shape index (κ3) is 3.27. The van der Waals surface area contributed by atoms with Crippen LogP contribution in [0, 0.1) is 17.3 Å². The van der Waals surface area contributed by atoms with Crippen molar-refractivity contribution >= 4 is 5.82 Å². The lowest BCUT2D eigenvalue weighted by atomic mass is 9.68. The van der Waals surface area contributed by atoms with Crippen molar-refractivity contribution in [1.82, 2.24) is 4.98 Å². The van der Waals surface area contributed by atoms with Gasteiger partial charge in [0.1, 0.15) is 5.82 Å². The molecule has 0 radical (unpaired) electrons. The Labute approximate surface area is 116 Å². The monoisotopic (exact) mass is 261 g/mol. The lowest BCUT2D eigenvalue weighted by Gasteiger charge is -2.38. The van der Waals surface area contributed by atoms with Gasteiger partial charge in [-0.05, 0) is 49.0 Å². The highest BCUT2D eigenvalue weighted by Crippen LogP contribution is 2.43. The van der Waals surface area contributed by atoms with E-state index < -0.39 is 0 Å². The van der Waals surface area contributed by atoms with E-state index in [9.17, 15) is 0 Å². The summed E-state index contributed by atoms with van der Waals surface area (Å²) in [5.41, 5.74) is 13.8. The maximum atomic E-state index is 6.41. The predicted molar refractivity (Wildman–Crippen MR) is 80.5 cm³/mol. The molecule has 1 saturated carbocycles. The molecule has 1 aromatic heterocycles. The lowest BCUT2D eigenvalue weighted by Crippen LogP contribution is -2.31. The Bertz CT molecular complexity index is 414. The molecule has 0 aromatic carbocycles. The number of nitrogens with two attached hydrogens (primary N) is 2. The van der Waals surface area contributed by atoms with Crippen LogP contribution in [-0.2, 0) is 0 Å². The van der Waals surface area contributed by atoms with Gasteiger partial charge in [0.25, 0.3) is 0 Å². The normalized spacial score (nSPS) is 26.1. The van der Waals surface area contributed by atoms with Crippen LogP contribution >= 0.6 is 0 Å². The topological polar surface area (TPSA) is 64.9 Å². The molecule has 106 valence electrons. The molecular weight excluding hydrogens is 234 g/mol. The van der Waals surface area contributed by atoms with Gasteiger partial charge in [-0.2, -0.15) is 0 Å². The first-order chi connectivity index (χ1) is 8.89. The molecule has 0 aliphatic heterocycles. The highest BCUT2D eigenvalue weighted by atomic mass is 14.8. The number of hydrogen-bond donors (Lipinski definition) is 2. The van der Waals surface area contributed by atoms with Crippen molar-refractivity contribution in [2.24, 2.45) is 23.0 Å². The van der Waals surface area contributed by atoms with E-state index in [0.29, 0.717) is 17.2 Å². The third-order valence-electron chi connectivity index (χ3n) is 4.73. The summed E-state index contributed by atoms with van der Waals surface area (Å²) >= 11 is 0. The summed E-state index contributed by atoms with van der Waals surface area (Å²) in [5.74, 6) is 1.96. The SMILES string of the molecule is CC(C)(C)C1CCC(C(N)c2cccnc2N)CC1. The number of pyridine rings is 1. The zero-order chi connectivity index (χ0) is 14.0. The summed E-state index contributed by atoms with van der Waals surface area (Å²) < 4.78 is 0. The Morgan fingerprint density at radius 3 is 2.37 bits per heavy atom. The molecule has 1 atom stereocenters. The molecule has 0 spiro atoms. The molecule has 1 aromatic rings. The van der Waals surface area contributed by atoms with E-state index in [1.165, 1.54) is 25.7 Å². The Morgan fingerprint density at radius 2 is 1.84 bits per heavy atom. The number of nitrogen functional groups attached to an aromatic ring is 1. The number of aromatic nitrogens is 1. The average molecular weight is 261 g/mol. The van der Waals surface area contributed by atoms with Crippen molar-refractivity contribution in [1.29, 1.82) is 0 Å². The Balaban J connectivity index is 2.00. The summed E-state index contributed by atoms with van der Waals surface area (Å²) in [7, 11) is 0. The van der Waals surface area contributed by atoms with E-state index in [0.717, 1.165) is 11.5 Å². The molecular formula is C16H27N3. The molecule has 1 fully saturated rings. The van der Waals surface area contributed by atoms with Crippen LogP contribution in [0.2, 0.25) is 0 Å². The van der Waals surface area contributed by atoms with Crippen LogP contribution in [0.3, 0.4) is 0 Å². The number of nitrogens with zero attached hydrogens (tertiary/aromatic N) is 1. The second-order valence-electron chi connectivity index (χ2n) is 6.98. The van der Waals surface area contributed by atoms with Gasteiger partial charge >= 0.3 is 0 Å². The van der Waals surface area contributed by atoms with Crippen LogP contribution in [0.5, 0.6) is 0 Å². The first-order valence-corrected chi connectivity index (χ1v) is 7.35. The van der Waals surface area contributed by atoms with E-state index >= 15 is 0 Å². The Hall–Kier alpha value is -1.09. The van der Waals surface area contributed by atoms with E-state index in [4.69, 9.17) is 11.5 Å². The maximum absolute atomic E-state index is 6.41. The summed E-state index contributed by atoms with van der Waals surface area (Å²) in [6.45, 7) is 7.03. The van der Waals surface area contributed by atoms with Gasteiger partial charge in [0.05, 0.1) is 0 Å². The second kappa shape index (κ2) is 5.49. The molecule has 19 heavy (non-hydrogen) atoms. The van der Waals surface area contributed by atoms with Crippen molar-refractivity contribution in [3.63, 3.8) is 0 Å². The van der Waals surface area contributed by atoms with E-state index in [2.05, 4.69) is 25.8 Å². The first kappa shape index (κ1) is 14.3. The minimum absolute atomic E-state index is 0.0367. The van der Waals surface area contributed by atoms with Crippen LogP contribution in [-0.4, -0.2) is 4.98 Å². The van der Waals surface area contributed by atoms with Gasteiger partial charge in [-0.15, -0.1) is 0 Å². The smallest absolute Gasteiger partial charge is 0.128 e. The van der Waals surface area contributed by atoms with Gasteiger partial charge in [-0.25, -0.2) is 4.98 Å². The molecule has 0 amide bonds. The van der Waals surface area contributed by atoms with Crippen LogP contribution in [0.4, 0.5) is 5.82 Å². The van der Waals surface area contributed by atoms with Crippen LogP contribution in [0.1, 0.15) is 58.1 Å². The van der Waals surface area contributed by atoms with Gasteiger partial charge in [0, 0.05) is 17.8 Å². The van der Waals surface area contributed by atoms with Gasteiger partial charge in [-0.3, -0.25) is 0 Å². The van der Waals surface area contributed by atoms with Crippen molar-refractivity contribution in [2.45, 2.75) is 52.5 Å². The predicted octanol–water partition coefficient (Wildman–Crippen LogP) is 3.52. The molecule has 0 saturated heterocycles. The Kier molecular flexibility index (Phi) is 4.14. The number of rotatable bonds is 2. The lowest BCUT2D eigenvalue weighted by molar-refractivity contribution is 0.140. The first-order valence-electron chi connectivity index (χ1n) is 7.35. The molecule has 1 unspecified atom stereocenters. The largest absolute Gasteiger partial charge is 0.383 e. The molecule has 3 nitrogen and oxygen atoms in total. The minimum atomic E-state index is 0.0367. The van der Waals surface area contributed by atoms with Crippen molar-refractivity contribution in [3.05, 3.63) is 23.9 Å². The van der Waals surface area contributed by atoms with Gasteiger partial charge < -0.3 is 11.5 Å². The molecule has 1 heterocycles. The fourth-order valence-electron chi connectivity index (χ4n) is 3.31. The van der Waals surface area contributed by atoms with Crippen LogP contribution in [0.25, 0.3) is 0 Å². The second-order valence-corrected chi connectivity index (χ2v) is 6.98. The van der Waals surface area contributed by atoms with Gasteiger partial charge in [-0.1, -0.05) is 26.8 Å². The molecule has 0 bridgehead atoms. The summed E-state index contributed by atoms with van der Waals surface area (Å²) in [6, 6.07) is 3.98. The van der Waals surface area contributed by atoms with E-state index in [-0.39, 0.29) is 6.04 Å². The number of hydrogen-bond acceptors (Lipinski definition) is 3. The van der Waals surface area contributed by atoms with Crippen molar-refractivity contribution in [3.8, 4) is 0 Å². The minimum Gasteiger partial charge on any atom is -0.383 e.